The van der Waals surface area contributed by atoms with Crippen molar-refractivity contribution in [3.8, 4) is 5.75 Å². The summed E-state index contributed by atoms with van der Waals surface area (Å²) >= 11 is 0. The van der Waals surface area contributed by atoms with Gasteiger partial charge < -0.3 is 24.4 Å². The molecule has 2 aromatic rings. The van der Waals surface area contributed by atoms with Crippen molar-refractivity contribution in [1.82, 2.24) is 15.4 Å². The minimum absolute atomic E-state index is 0. The van der Waals surface area contributed by atoms with Gasteiger partial charge in [0.1, 0.15) is 17.7 Å². The molecule has 8 heteroatoms. The summed E-state index contributed by atoms with van der Waals surface area (Å²) in [4.78, 5) is 9.34. The lowest BCUT2D eigenvalue weighted by molar-refractivity contribution is 0.371. The molecule has 0 atom stereocenters. The highest BCUT2D eigenvalue weighted by Gasteiger charge is 2.20. The predicted molar refractivity (Wildman–Crippen MR) is 114 cm³/mol. The zero-order chi connectivity index (χ0) is 17.5. The molecular formula is C18H26IN5O2. The van der Waals surface area contributed by atoms with Crippen molar-refractivity contribution in [2.45, 2.75) is 13.5 Å². The van der Waals surface area contributed by atoms with Gasteiger partial charge in [-0.2, -0.15) is 0 Å². The number of ether oxygens (including phenoxy) is 1. The van der Waals surface area contributed by atoms with Crippen LogP contribution in [0.5, 0.6) is 5.75 Å². The number of anilines is 1. The second-order valence-electron chi connectivity index (χ2n) is 5.84. The third-order valence-corrected chi connectivity index (χ3v) is 4.21. The van der Waals surface area contributed by atoms with E-state index in [-0.39, 0.29) is 24.0 Å². The fourth-order valence-corrected chi connectivity index (χ4v) is 2.88. The normalized spacial score (nSPS) is 14.8. The van der Waals surface area contributed by atoms with Crippen molar-refractivity contribution in [3.05, 3.63) is 42.3 Å². The van der Waals surface area contributed by atoms with Crippen LogP contribution in [0.1, 0.15) is 12.6 Å². The van der Waals surface area contributed by atoms with Crippen molar-refractivity contribution < 1.29 is 9.26 Å². The van der Waals surface area contributed by atoms with Gasteiger partial charge in [-0.1, -0.05) is 11.2 Å². The van der Waals surface area contributed by atoms with Gasteiger partial charge in [-0.15, -0.1) is 24.0 Å². The molecule has 142 valence electrons. The first-order valence-electron chi connectivity index (χ1n) is 8.61. The van der Waals surface area contributed by atoms with Crippen LogP contribution in [0.3, 0.4) is 0 Å². The lowest BCUT2D eigenvalue weighted by atomic mass is 10.2. The Kier molecular flexibility index (Phi) is 8.02. The zero-order valence-electron chi connectivity index (χ0n) is 15.2. The smallest absolute Gasteiger partial charge is 0.194 e. The van der Waals surface area contributed by atoms with E-state index in [9.17, 15) is 0 Å². The monoisotopic (exact) mass is 471 g/mol. The summed E-state index contributed by atoms with van der Waals surface area (Å²) in [5.41, 5.74) is 2.04. The third kappa shape index (κ3) is 5.26. The van der Waals surface area contributed by atoms with Crippen LogP contribution >= 0.6 is 24.0 Å². The molecule has 3 rings (SSSR count). The molecule has 1 aromatic heterocycles. The average molecular weight is 471 g/mol. The summed E-state index contributed by atoms with van der Waals surface area (Å²) in [7, 11) is 1.70. The number of benzene rings is 1. The van der Waals surface area contributed by atoms with E-state index >= 15 is 0 Å². The maximum Gasteiger partial charge on any atom is 0.194 e. The van der Waals surface area contributed by atoms with Crippen molar-refractivity contribution >= 4 is 35.6 Å². The van der Waals surface area contributed by atoms with E-state index in [0.717, 1.165) is 50.1 Å². The first-order chi connectivity index (χ1) is 12.3. The highest BCUT2D eigenvalue weighted by molar-refractivity contribution is 14.0. The topological polar surface area (TPSA) is 66.1 Å². The van der Waals surface area contributed by atoms with Crippen LogP contribution in [0.25, 0.3) is 0 Å². The molecule has 2 heterocycles. The van der Waals surface area contributed by atoms with Gasteiger partial charge in [0.25, 0.3) is 0 Å². The fraction of sp³-hybridized carbons (Fsp3) is 0.444. The van der Waals surface area contributed by atoms with E-state index in [4.69, 9.17) is 9.26 Å². The Morgan fingerprint density at radius 2 is 2.08 bits per heavy atom. The molecule has 1 aliphatic heterocycles. The maximum atomic E-state index is 5.32. The van der Waals surface area contributed by atoms with Gasteiger partial charge in [0.2, 0.25) is 0 Å². The number of nitrogens with zero attached hydrogens (tertiary/aromatic N) is 4. The van der Waals surface area contributed by atoms with Crippen LogP contribution in [0, 0.1) is 0 Å². The number of aromatic nitrogens is 1. The second-order valence-corrected chi connectivity index (χ2v) is 5.84. The molecular weight excluding hydrogens is 445 g/mol. The molecule has 1 aromatic carbocycles. The quantitative estimate of drug-likeness (QED) is 0.411. The summed E-state index contributed by atoms with van der Waals surface area (Å²) in [6, 6.07) is 10.1. The van der Waals surface area contributed by atoms with Gasteiger partial charge in [-0.05, 0) is 19.1 Å². The van der Waals surface area contributed by atoms with Crippen LogP contribution in [-0.2, 0) is 6.54 Å². The molecule has 0 saturated carbocycles. The number of rotatable bonds is 5. The number of nitrogens with one attached hydrogen (secondary N) is 1. The van der Waals surface area contributed by atoms with Crippen molar-refractivity contribution in [2.24, 2.45) is 4.99 Å². The highest BCUT2D eigenvalue weighted by atomic mass is 127. The van der Waals surface area contributed by atoms with E-state index in [1.54, 1.807) is 13.4 Å². The molecule has 0 unspecified atom stereocenters. The van der Waals surface area contributed by atoms with E-state index in [1.165, 1.54) is 5.69 Å². The van der Waals surface area contributed by atoms with E-state index in [2.05, 4.69) is 44.3 Å². The van der Waals surface area contributed by atoms with Crippen molar-refractivity contribution in [2.75, 3.05) is 44.7 Å². The van der Waals surface area contributed by atoms with Gasteiger partial charge in [0, 0.05) is 50.5 Å². The number of piperazine rings is 1. The van der Waals surface area contributed by atoms with Gasteiger partial charge in [0.05, 0.1) is 13.7 Å². The number of methoxy groups -OCH3 is 1. The summed E-state index contributed by atoms with van der Waals surface area (Å²) in [6.45, 7) is 7.17. The molecule has 1 fully saturated rings. The Labute approximate surface area is 171 Å². The zero-order valence-corrected chi connectivity index (χ0v) is 17.6. The Balaban J connectivity index is 0.00000243. The Morgan fingerprint density at radius 1 is 1.27 bits per heavy atom. The van der Waals surface area contributed by atoms with Gasteiger partial charge in [-0.3, -0.25) is 0 Å². The van der Waals surface area contributed by atoms with Crippen LogP contribution in [-0.4, -0.2) is 55.8 Å². The number of halogens is 1. The first-order valence-corrected chi connectivity index (χ1v) is 8.61. The second kappa shape index (κ2) is 10.2. The molecule has 0 bridgehead atoms. The Bertz CT molecular complexity index is 685. The number of hydrogen-bond acceptors (Lipinski definition) is 5. The molecule has 0 spiro atoms. The summed E-state index contributed by atoms with van der Waals surface area (Å²) in [6.07, 6.45) is 1.57. The summed E-state index contributed by atoms with van der Waals surface area (Å²) in [5.74, 6) is 1.82. The highest BCUT2D eigenvalue weighted by Crippen LogP contribution is 2.22. The fourth-order valence-electron chi connectivity index (χ4n) is 2.88. The molecule has 26 heavy (non-hydrogen) atoms. The molecule has 0 amide bonds. The van der Waals surface area contributed by atoms with Crippen molar-refractivity contribution in [1.29, 1.82) is 0 Å². The van der Waals surface area contributed by atoms with E-state index in [1.807, 2.05) is 18.2 Å². The first kappa shape index (κ1) is 20.3. The Morgan fingerprint density at radius 3 is 2.73 bits per heavy atom. The van der Waals surface area contributed by atoms with Crippen LogP contribution in [0.4, 0.5) is 5.69 Å². The molecule has 7 nitrogen and oxygen atoms in total. The molecule has 1 saturated heterocycles. The van der Waals surface area contributed by atoms with Crippen molar-refractivity contribution in [3.63, 3.8) is 0 Å². The predicted octanol–water partition coefficient (Wildman–Crippen LogP) is 2.59. The maximum absolute atomic E-state index is 5.32. The van der Waals surface area contributed by atoms with Gasteiger partial charge in [0.15, 0.2) is 5.96 Å². The largest absolute Gasteiger partial charge is 0.497 e. The number of hydrogen-bond donors (Lipinski definition) is 1. The molecule has 1 aliphatic rings. The average Bonchev–Trinajstić information content (AvgIpc) is 3.19. The minimum Gasteiger partial charge on any atom is -0.497 e. The number of guanidine groups is 1. The number of aliphatic imine (C=N–C) groups is 1. The standard InChI is InChI=1S/C18H25N5O2.HI/c1-3-19-18(20-14-15-7-12-25-21-15)23-10-8-22(9-11-23)16-5-4-6-17(13-16)24-2;/h4-7,12-13H,3,8-11,14H2,1-2H3,(H,19,20);1H. The van der Waals surface area contributed by atoms with E-state index in [0.29, 0.717) is 6.54 Å². The molecule has 0 aliphatic carbocycles. The molecule has 1 N–H and O–H groups in total. The van der Waals surface area contributed by atoms with Crippen LogP contribution in [0.15, 0.2) is 46.1 Å². The van der Waals surface area contributed by atoms with Crippen LogP contribution < -0.4 is 15.0 Å². The molecule has 0 radical (unpaired) electrons. The third-order valence-electron chi connectivity index (χ3n) is 4.21. The lowest BCUT2D eigenvalue weighted by Crippen LogP contribution is -2.52. The minimum atomic E-state index is 0. The van der Waals surface area contributed by atoms with E-state index < -0.39 is 0 Å². The summed E-state index contributed by atoms with van der Waals surface area (Å²) < 4.78 is 10.2. The van der Waals surface area contributed by atoms with Gasteiger partial charge >= 0.3 is 0 Å². The summed E-state index contributed by atoms with van der Waals surface area (Å²) in [5, 5.41) is 7.28. The lowest BCUT2D eigenvalue weighted by Gasteiger charge is -2.37. The Hall–Kier alpha value is -1.97. The van der Waals surface area contributed by atoms with Crippen LogP contribution in [0.2, 0.25) is 0 Å². The SMILES string of the molecule is CCNC(=NCc1ccon1)N1CCN(c2cccc(OC)c2)CC1.I. The van der Waals surface area contributed by atoms with Gasteiger partial charge in [-0.25, -0.2) is 4.99 Å².